The van der Waals surface area contributed by atoms with E-state index in [9.17, 15) is 13.6 Å². The highest BCUT2D eigenvalue weighted by Crippen LogP contribution is 2.34. The molecule has 1 aliphatic rings. The molecule has 0 spiro atoms. The minimum absolute atomic E-state index is 0.241. The molecular formula is C11H10F2INO. The molecule has 1 fully saturated rings. The van der Waals surface area contributed by atoms with Crippen molar-refractivity contribution in [3.05, 3.63) is 32.9 Å². The molecule has 1 aromatic carbocycles. The molecule has 5 heteroatoms. The molecule has 0 heterocycles. The van der Waals surface area contributed by atoms with Gasteiger partial charge in [-0.3, -0.25) is 4.79 Å². The largest absolute Gasteiger partial charge is 0.347 e. The second-order valence-corrected chi connectivity index (χ2v) is 5.40. The van der Waals surface area contributed by atoms with Crippen molar-refractivity contribution in [1.82, 2.24) is 5.32 Å². The average Bonchev–Trinajstić information content (AvgIpc) is 2.90. The Balaban J connectivity index is 2.32. The number of carbonyl (C=O) groups is 1. The molecule has 0 bridgehead atoms. The maximum atomic E-state index is 13.6. The molecule has 0 aliphatic heterocycles. The second kappa shape index (κ2) is 3.94. The zero-order valence-electron chi connectivity index (χ0n) is 8.61. The summed E-state index contributed by atoms with van der Waals surface area (Å²) in [6.07, 6.45) is 1.71. The number of halogens is 3. The fourth-order valence-corrected chi connectivity index (χ4v) is 1.83. The molecule has 0 unspecified atom stereocenters. The second-order valence-electron chi connectivity index (χ2n) is 4.23. The van der Waals surface area contributed by atoms with Gasteiger partial charge < -0.3 is 5.32 Å². The van der Waals surface area contributed by atoms with Crippen LogP contribution in [0.15, 0.2) is 12.1 Å². The van der Waals surface area contributed by atoms with Gasteiger partial charge in [-0.05, 0) is 54.5 Å². The standard InChI is InChI=1S/C11H10F2INO/c1-11(4-5-11)15-10(16)8-6(12)2-3-7(14)9(8)13/h2-3H,4-5H2,1H3,(H,15,16). The smallest absolute Gasteiger partial charge is 0.257 e. The van der Waals surface area contributed by atoms with E-state index < -0.39 is 23.1 Å². The summed E-state index contributed by atoms with van der Waals surface area (Å²) in [5.74, 6) is -2.28. The van der Waals surface area contributed by atoms with Crippen LogP contribution in [-0.4, -0.2) is 11.4 Å². The first-order valence-corrected chi connectivity index (χ1v) is 5.97. The van der Waals surface area contributed by atoms with Crippen LogP contribution in [0.4, 0.5) is 8.78 Å². The van der Waals surface area contributed by atoms with Gasteiger partial charge in [0.1, 0.15) is 11.4 Å². The van der Waals surface area contributed by atoms with Crippen LogP contribution < -0.4 is 5.32 Å². The summed E-state index contributed by atoms with van der Waals surface area (Å²) >= 11 is 1.73. The first kappa shape index (κ1) is 11.8. The van der Waals surface area contributed by atoms with Gasteiger partial charge in [0.15, 0.2) is 5.82 Å². The van der Waals surface area contributed by atoms with E-state index in [0.717, 1.165) is 18.9 Å². The predicted molar refractivity (Wildman–Crippen MR) is 64.2 cm³/mol. The van der Waals surface area contributed by atoms with Crippen molar-refractivity contribution in [1.29, 1.82) is 0 Å². The monoisotopic (exact) mass is 337 g/mol. The molecular weight excluding hydrogens is 327 g/mol. The highest BCUT2D eigenvalue weighted by Gasteiger charge is 2.39. The Morgan fingerprint density at radius 1 is 1.44 bits per heavy atom. The van der Waals surface area contributed by atoms with Crippen molar-refractivity contribution >= 4 is 28.5 Å². The summed E-state index contributed by atoms with van der Waals surface area (Å²) in [5, 5.41) is 2.63. The van der Waals surface area contributed by atoms with E-state index >= 15 is 0 Å². The number of rotatable bonds is 2. The number of nitrogens with one attached hydrogen (secondary N) is 1. The van der Waals surface area contributed by atoms with Crippen LogP contribution in [0.25, 0.3) is 0 Å². The van der Waals surface area contributed by atoms with Crippen LogP contribution in [-0.2, 0) is 0 Å². The molecule has 0 aromatic heterocycles. The summed E-state index contributed by atoms with van der Waals surface area (Å²) in [7, 11) is 0. The van der Waals surface area contributed by atoms with Gasteiger partial charge in [-0.2, -0.15) is 0 Å². The molecule has 1 saturated carbocycles. The molecule has 0 radical (unpaired) electrons. The molecule has 1 amide bonds. The van der Waals surface area contributed by atoms with E-state index in [4.69, 9.17) is 0 Å². The number of carbonyl (C=O) groups excluding carboxylic acids is 1. The van der Waals surface area contributed by atoms with Gasteiger partial charge in [-0.25, -0.2) is 8.78 Å². The van der Waals surface area contributed by atoms with Crippen molar-refractivity contribution < 1.29 is 13.6 Å². The molecule has 16 heavy (non-hydrogen) atoms. The Labute approximate surface area is 106 Å². The summed E-state index contributed by atoms with van der Waals surface area (Å²) in [6, 6.07) is 2.41. The van der Waals surface area contributed by atoms with E-state index in [1.807, 2.05) is 6.92 Å². The fraction of sp³-hybridized carbons (Fsp3) is 0.364. The van der Waals surface area contributed by atoms with Crippen molar-refractivity contribution in [2.24, 2.45) is 0 Å². The summed E-state index contributed by atoms with van der Waals surface area (Å²) in [4.78, 5) is 11.7. The number of hydrogen-bond acceptors (Lipinski definition) is 1. The van der Waals surface area contributed by atoms with Gasteiger partial charge in [0, 0.05) is 9.11 Å². The van der Waals surface area contributed by atoms with E-state index in [1.54, 1.807) is 22.6 Å². The first-order chi connectivity index (χ1) is 7.43. The molecule has 2 rings (SSSR count). The summed E-state index contributed by atoms with van der Waals surface area (Å²) < 4.78 is 27.2. The summed E-state index contributed by atoms with van der Waals surface area (Å²) in [6.45, 7) is 1.86. The molecule has 2 nitrogen and oxygen atoms in total. The third-order valence-corrected chi connectivity index (χ3v) is 3.52. The number of hydrogen-bond donors (Lipinski definition) is 1. The SMILES string of the molecule is CC1(NC(=O)c2c(F)ccc(I)c2F)CC1. The number of amides is 1. The minimum atomic E-state index is -0.820. The molecule has 86 valence electrons. The maximum absolute atomic E-state index is 13.6. The Hall–Kier alpha value is -0.720. The lowest BCUT2D eigenvalue weighted by molar-refractivity contribution is 0.0926. The van der Waals surface area contributed by atoms with Crippen LogP contribution in [0.5, 0.6) is 0 Å². The quantitative estimate of drug-likeness (QED) is 0.653. The topological polar surface area (TPSA) is 29.1 Å². The third kappa shape index (κ3) is 2.18. The first-order valence-electron chi connectivity index (χ1n) is 4.89. The zero-order chi connectivity index (χ0) is 11.9. The highest BCUT2D eigenvalue weighted by atomic mass is 127. The van der Waals surface area contributed by atoms with Crippen LogP contribution in [0.2, 0.25) is 0 Å². The van der Waals surface area contributed by atoms with Crippen LogP contribution >= 0.6 is 22.6 Å². The maximum Gasteiger partial charge on any atom is 0.257 e. The van der Waals surface area contributed by atoms with Crippen molar-refractivity contribution in [2.75, 3.05) is 0 Å². The number of benzene rings is 1. The van der Waals surface area contributed by atoms with Crippen LogP contribution in [0.3, 0.4) is 0 Å². The van der Waals surface area contributed by atoms with Gasteiger partial charge in [0.25, 0.3) is 5.91 Å². The van der Waals surface area contributed by atoms with E-state index in [0.29, 0.717) is 0 Å². The van der Waals surface area contributed by atoms with E-state index in [1.165, 1.54) is 6.07 Å². The third-order valence-electron chi connectivity index (χ3n) is 2.69. The minimum Gasteiger partial charge on any atom is -0.347 e. The van der Waals surface area contributed by atoms with Gasteiger partial charge in [-0.15, -0.1) is 0 Å². The normalized spacial score (nSPS) is 17.0. The Bertz CT molecular complexity index is 458. The Morgan fingerprint density at radius 2 is 2.06 bits per heavy atom. The van der Waals surface area contributed by atoms with Crippen molar-refractivity contribution in [3.8, 4) is 0 Å². The van der Waals surface area contributed by atoms with Gasteiger partial charge in [0.05, 0.1) is 0 Å². The lowest BCUT2D eigenvalue weighted by atomic mass is 10.1. The highest BCUT2D eigenvalue weighted by molar-refractivity contribution is 14.1. The lowest BCUT2D eigenvalue weighted by Crippen LogP contribution is -2.35. The molecule has 0 atom stereocenters. The molecule has 1 aromatic rings. The lowest BCUT2D eigenvalue weighted by Gasteiger charge is -2.12. The van der Waals surface area contributed by atoms with Crippen LogP contribution in [0.1, 0.15) is 30.1 Å². The Kier molecular flexibility index (Phi) is 2.90. The fourth-order valence-electron chi connectivity index (χ4n) is 1.38. The van der Waals surface area contributed by atoms with E-state index in [-0.39, 0.29) is 9.11 Å². The van der Waals surface area contributed by atoms with Gasteiger partial charge in [-0.1, -0.05) is 0 Å². The van der Waals surface area contributed by atoms with Crippen molar-refractivity contribution in [2.45, 2.75) is 25.3 Å². The van der Waals surface area contributed by atoms with Gasteiger partial charge >= 0.3 is 0 Å². The summed E-state index contributed by atoms with van der Waals surface area (Å²) in [5.41, 5.74) is -0.767. The van der Waals surface area contributed by atoms with Gasteiger partial charge in [0.2, 0.25) is 0 Å². The molecule has 1 aliphatic carbocycles. The Morgan fingerprint density at radius 3 is 2.62 bits per heavy atom. The van der Waals surface area contributed by atoms with E-state index in [2.05, 4.69) is 5.32 Å². The average molecular weight is 337 g/mol. The zero-order valence-corrected chi connectivity index (χ0v) is 10.8. The predicted octanol–water partition coefficient (Wildman–Crippen LogP) is 2.85. The van der Waals surface area contributed by atoms with Crippen molar-refractivity contribution in [3.63, 3.8) is 0 Å². The molecule has 0 saturated heterocycles. The molecule has 1 N–H and O–H groups in total. The van der Waals surface area contributed by atoms with Crippen LogP contribution in [0, 0.1) is 15.2 Å².